The van der Waals surface area contributed by atoms with Gasteiger partial charge < -0.3 is 39.8 Å². The molecule has 1 aliphatic heterocycles. The summed E-state index contributed by atoms with van der Waals surface area (Å²) in [5.41, 5.74) is 1.84. The Morgan fingerprint density at radius 3 is 2.27 bits per heavy atom. The highest BCUT2D eigenvalue weighted by Gasteiger charge is 2.47. The Balaban J connectivity index is 1.71. The van der Waals surface area contributed by atoms with Gasteiger partial charge in [0.05, 0.1) is 12.9 Å². The third-order valence-corrected chi connectivity index (χ3v) is 9.53. The Morgan fingerprint density at radius 2 is 1.68 bits per heavy atom. The largest absolute Gasteiger partial charge is 0.490 e. The molecule has 7 N–H and O–H groups in total. The average molecular weight is 631 g/mol. The number of aliphatic hydroxyl groups excluding tert-OH is 2. The van der Waals surface area contributed by atoms with Gasteiger partial charge in [0.15, 0.2) is 23.2 Å². The van der Waals surface area contributed by atoms with Crippen molar-refractivity contribution in [1.82, 2.24) is 19.5 Å². The lowest BCUT2D eigenvalue weighted by atomic mass is 9.92. The Labute approximate surface area is 228 Å². The first-order valence-corrected chi connectivity index (χ1v) is 16.3. The summed E-state index contributed by atoms with van der Waals surface area (Å²) < 4.78 is 52.9. The van der Waals surface area contributed by atoms with E-state index in [4.69, 9.17) is 14.5 Å². The van der Waals surface area contributed by atoms with Gasteiger partial charge in [-0.2, -0.15) is 8.62 Å². The molecule has 3 heterocycles. The minimum absolute atomic E-state index is 0.235. The highest BCUT2D eigenvalue weighted by atomic mass is 31.3. The van der Waals surface area contributed by atoms with Gasteiger partial charge in [0.2, 0.25) is 0 Å². The van der Waals surface area contributed by atoms with Crippen LogP contribution >= 0.6 is 23.5 Å². The monoisotopic (exact) mass is 631 g/mol. The summed E-state index contributed by atoms with van der Waals surface area (Å²) in [6.45, 7) is 7.94. The third kappa shape index (κ3) is 8.46. The van der Waals surface area contributed by atoms with Crippen LogP contribution in [-0.2, 0) is 31.6 Å². The number of phosphoric acid groups is 3. The van der Waals surface area contributed by atoms with E-state index in [1.807, 2.05) is 0 Å². The molecule has 0 bridgehead atoms. The number of imidazole rings is 1. The molecule has 0 amide bonds. The van der Waals surface area contributed by atoms with E-state index in [-0.39, 0.29) is 5.65 Å². The standard InChI is InChI=1S/C19H32N5O13P3/c1-10(2)12(11(3)4)5-6-20-17-14-18(22-8-21-17)24(9-23-14)19-16(26)15(25)13(35-19)7-34-39(30,31)37-40(32,33)36-38(27,28)29/h5,8-11,13,15-16,19,25-26H,6-7H2,1-4H3,(H,30,31)(H,32,33)(H,20,21,22)(H2,27,28,29)/t13-,15?,16?,19-/m1/s1. The zero-order valence-corrected chi connectivity index (χ0v) is 24.5. The Bertz CT molecular complexity index is 1350. The van der Waals surface area contributed by atoms with Crippen molar-refractivity contribution in [3.8, 4) is 0 Å². The molecule has 40 heavy (non-hydrogen) atoms. The second kappa shape index (κ2) is 12.7. The van der Waals surface area contributed by atoms with Crippen LogP contribution in [0, 0.1) is 11.8 Å². The van der Waals surface area contributed by atoms with Gasteiger partial charge in [-0.1, -0.05) is 39.3 Å². The Morgan fingerprint density at radius 1 is 1.02 bits per heavy atom. The molecule has 21 heteroatoms. The summed E-state index contributed by atoms with van der Waals surface area (Å²) in [6, 6.07) is 0. The smallest absolute Gasteiger partial charge is 0.387 e. The van der Waals surface area contributed by atoms with Gasteiger partial charge in [0, 0.05) is 6.54 Å². The third-order valence-electron chi connectivity index (χ3n) is 5.73. The number of aromatic nitrogens is 4. The predicted molar refractivity (Wildman–Crippen MR) is 137 cm³/mol. The summed E-state index contributed by atoms with van der Waals surface area (Å²) >= 11 is 0. The zero-order chi connectivity index (χ0) is 30.0. The number of ether oxygens (including phenoxy) is 1. The van der Waals surface area contributed by atoms with Crippen molar-refractivity contribution in [2.24, 2.45) is 11.8 Å². The van der Waals surface area contributed by atoms with Crippen molar-refractivity contribution >= 4 is 40.4 Å². The summed E-state index contributed by atoms with van der Waals surface area (Å²) in [5.74, 6) is 1.13. The minimum atomic E-state index is -5.72. The number of nitrogens with one attached hydrogen (secondary N) is 1. The summed E-state index contributed by atoms with van der Waals surface area (Å²) in [7, 11) is -16.7. The second-order valence-corrected chi connectivity index (χ2v) is 13.8. The van der Waals surface area contributed by atoms with Gasteiger partial charge in [-0.05, 0) is 11.8 Å². The van der Waals surface area contributed by atoms with Crippen molar-refractivity contribution in [2.45, 2.75) is 52.2 Å². The fraction of sp³-hybridized carbons (Fsp3) is 0.632. The summed E-state index contributed by atoms with van der Waals surface area (Å²) in [4.78, 5) is 48.8. The van der Waals surface area contributed by atoms with Crippen LogP contribution in [0.2, 0.25) is 0 Å². The number of allylic oxidation sites excluding steroid dienone is 1. The van der Waals surface area contributed by atoms with Crippen molar-refractivity contribution in [1.29, 1.82) is 0 Å². The number of fused-ring (bicyclic) bond motifs is 1. The van der Waals surface area contributed by atoms with Gasteiger partial charge in [-0.15, -0.1) is 0 Å². The van der Waals surface area contributed by atoms with Crippen LogP contribution in [0.25, 0.3) is 11.2 Å². The number of rotatable bonds is 13. The van der Waals surface area contributed by atoms with E-state index in [0.717, 1.165) is 0 Å². The molecule has 2 aromatic rings. The van der Waals surface area contributed by atoms with Crippen LogP contribution in [-0.4, -0.2) is 80.8 Å². The lowest BCUT2D eigenvalue weighted by Crippen LogP contribution is -2.33. The van der Waals surface area contributed by atoms with Gasteiger partial charge in [0.25, 0.3) is 0 Å². The van der Waals surface area contributed by atoms with Crippen LogP contribution in [0.5, 0.6) is 0 Å². The van der Waals surface area contributed by atoms with Gasteiger partial charge in [-0.25, -0.2) is 28.6 Å². The van der Waals surface area contributed by atoms with Crippen molar-refractivity contribution in [2.75, 3.05) is 18.5 Å². The molecule has 0 aromatic carbocycles. The van der Waals surface area contributed by atoms with Crippen LogP contribution in [0.15, 0.2) is 24.3 Å². The van der Waals surface area contributed by atoms with E-state index >= 15 is 0 Å². The molecule has 1 fully saturated rings. The molecule has 226 valence electrons. The molecule has 2 aromatic heterocycles. The topological polar surface area (TPSA) is 265 Å². The number of hydrogen-bond donors (Lipinski definition) is 7. The highest BCUT2D eigenvalue weighted by Crippen LogP contribution is 2.66. The molecule has 0 spiro atoms. The molecule has 0 saturated carbocycles. The van der Waals surface area contributed by atoms with E-state index in [0.29, 0.717) is 29.7 Å². The van der Waals surface area contributed by atoms with Crippen LogP contribution in [0.3, 0.4) is 0 Å². The molecule has 3 rings (SSSR count). The van der Waals surface area contributed by atoms with Gasteiger partial charge in [-0.3, -0.25) is 9.09 Å². The second-order valence-electron chi connectivity index (χ2n) is 9.37. The van der Waals surface area contributed by atoms with Crippen molar-refractivity contribution < 1.29 is 61.4 Å². The lowest BCUT2D eigenvalue weighted by Gasteiger charge is -2.19. The molecule has 4 unspecified atom stereocenters. The first-order chi connectivity index (χ1) is 18.4. The van der Waals surface area contributed by atoms with E-state index in [1.54, 1.807) is 0 Å². The lowest BCUT2D eigenvalue weighted by molar-refractivity contribution is -0.0503. The maximum atomic E-state index is 12.0. The number of phosphoric ester groups is 1. The maximum Gasteiger partial charge on any atom is 0.490 e. The fourth-order valence-electron chi connectivity index (χ4n) is 4.14. The first-order valence-electron chi connectivity index (χ1n) is 11.8. The van der Waals surface area contributed by atoms with Gasteiger partial charge in [0.1, 0.15) is 24.6 Å². The normalized spacial score (nSPS) is 24.8. The van der Waals surface area contributed by atoms with Crippen LogP contribution in [0.1, 0.15) is 33.9 Å². The number of nitrogens with zero attached hydrogens (tertiary/aromatic N) is 4. The average Bonchev–Trinajstić information content (AvgIpc) is 3.34. The number of anilines is 1. The molecule has 1 aliphatic rings. The van der Waals surface area contributed by atoms with Crippen molar-refractivity contribution in [3.05, 3.63) is 24.3 Å². The molecule has 0 radical (unpaired) electrons. The number of hydrogen-bond acceptors (Lipinski definition) is 13. The summed E-state index contributed by atoms with van der Waals surface area (Å²) in [5, 5.41) is 24.2. The van der Waals surface area contributed by atoms with Crippen LogP contribution in [0.4, 0.5) is 5.82 Å². The molecule has 6 atom stereocenters. The fourth-order valence-corrected chi connectivity index (χ4v) is 7.17. The van der Waals surface area contributed by atoms with E-state index in [2.05, 4.69) is 67.2 Å². The van der Waals surface area contributed by atoms with Crippen molar-refractivity contribution in [3.63, 3.8) is 0 Å². The molecule has 0 aliphatic carbocycles. The highest BCUT2D eigenvalue weighted by molar-refractivity contribution is 7.66. The minimum Gasteiger partial charge on any atom is -0.387 e. The number of aliphatic hydroxyl groups is 2. The molecule has 18 nitrogen and oxygen atoms in total. The molecular weight excluding hydrogens is 599 g/mol. The van der Waals surface area contributed by atoms with Gasteiger partial charge >= 0.3 is 23.5 Å². The first kappa shape index (κ1) is 32.9. The van der Waals surface area contributed by atoms with E-state index < -0.39 is 54.6 Å². The SMILES string of the molecule is CC(C)C(=CCNc1ncnc2c1ncn2[C@@H]1O[C@H](COP(=O)(O)OP(=O)(O)OP(=O)(O)O)C(O)C1O)C(C)C. The van der Waals surface area contributed by atoms with E-state index in [1.165, 1.54) is 22.8 Å². The maximum absolute atomic E-state index is 12.0. The Kier molecular flexibility index (Phi) is 10.5. The zero-order valence-electron chi connectivity index (χ0n) is 21.8. The predicted octanol–water partition coefficient (Wildman–Crippen LogP) is 1.44. The molecule has 1 saturated heterocycles. The Hall–Kier alpha value is -1.62. The summed E-state index contributed by atoms with van der Waals surface area (Å²) in [6.07, 6.45) is -1.39. The van der Waals surface area contributed by atoms with E-state index in [9.17, 15) is 33.7 Å². The van der Waals surface area contributed by atoms with Crippen LogP contribution < -0.4 is 5.32 Å². The molecular formula is C19H32N5O13P3. The quantitative estimate of drug-likeness (QED) is 0.122.